The molecule has 2 unspecified atom stereocenters. The van der Waals surface area contributed by atoms with Gasteiger partial charge in [-0.25, -0.2) is 0 Å². The Labute approximate surface area is 116 Å². The quantitative estimate of drug-likeness (QED) is 0.762. The third kappa shape index (κ3) is 3.92. The molecule has 2 nitrogen and oxygen atoms in total. The molecular formula is C17H23NO. The summed E-state index contributed by atoms with van der Waals surface area (Å²) in [6.07, 6.45) is 2.99. The monoisotopic (exact) mass is 257 g/mol. The zero-order valence-electron chi connectivity index (χ0n) is 12.4. The Kier molecular flexibility index (Phi) is 5.76. The Hall–Kier alpha value is -1.62. The maximum absolute atomic E-state index is 12.4. The van der Waals surface area contributed by atoms with Gasteiger partial charge in [-0.05, 0) is 37.0 Å². The lowest BCUT2D eigenvalue weighted by Gasteiger charge is -2.15. The molecule has 0 heterocycles. The Bertz CT molecular complexity index is 485. The highest BCUT2D eigenvalue weighted by Gasteiger charge is 2.25. The van der Waals surface area contributed by atoms with Crippen molar-refractivity contribution in [2.75, 3.05) is 0 Å². The number of aryl methyl sites for hydroxylation is 2. The topological polar surface area (TPSA) is 40.9 Å². The summed E-state index contributed by atoms with van der Waals surface area (Å²) in [5.74, 6) is -0.600. The minimum absolute atomic E-state index is 0.0359. The molecule has 0 radical (unpaired) electrons. The summed E-state index contributed by atoms with van der Waals surface area (Å²) in [5, 5.41) is 9.31. The highest BCUT2D eigenvalue weighted by Crippen LogP contribution is 2.24. The van der Waals surface area contributed by atoms with Gasteiger partial charge in [0, 0.05) is 5.92 Å². The SMILES string of the molecule is CCCCC(C)C(=O)C(C#N)c1ccc(C)c(C)c1. The minimum Gasteiger partial charge on any atom is -0.298 e. The molecule has 0 aromatic heterocycles. The molecule has 1 aromatic carbocycles. The summed E-state index contributed by atoms with van der Waals surface area (Å²) in [5.41, 5.74) is 3.15. The molecule has 0 spiro atoms. The fourth-order valence-electron chi connectivity index (χ4n) is 2.18. The first kappa shape index (κ1) is 15.4. The van der Waals surface area contributed by atoms with E-state index < -0.39 is 5.92 Å². The first-order chi connectivity index (χ1) is 9.01. The summed E-state index contributed by atoms with van der Waals surface area (Å²) in [6.45, 7) is 8.09. The molecule has 0 bridgehead atoms. The van der Waals surface area contributed by atoms with E-state index >= 15 is 0 Å². The average molecular weight is 257 g/mol. The van der Waals surface area contributed by atoms with Crippen LogP contribution in [0, 0.1) is 31.1 Å². The van der Waals surface area contributed by atoms with Crippen molar-refractivity contribution in [3.63, 3.8) is 0 Å². The number of carbonyl (C=O) groups is 1. The van der Waals surface area contributed by atoms with Gasteiger partial charge in [0.1, 0.15) is 5.92 Å². The number of hydrogen-bond acceptors (Lipinski definition) is 2. The minimum atomic E-state index is -0.619. The number of nitrogens with zero attached hydrogens (tertiary/aromatic N) is 1. The molecule has 0 aliphatic carbocycles. The largest absolute Gasteiger partial charge is 0.298 e. The van der Waals surface area contributed by atoms with E-state index in [1.54, 1.807) is 0 Å². The number of unbranched alkanes of at least 4 members (excludes halogenated alkanes) is 1. The Morgan fingerprint density at radius 2 is 2.00 bits per heavy atom. The highest BCUT2D eigenvalue weighted by atomic mass is 16.1. The highest BCUT2D eigenvalue weighted by molar-refractivity contribution is 5.90. The normalized spacial score (nSPS) is 13.6. The maximum atomic E-state index is 12.4. The van der Waals surface area contributed by atoms with Crippen molar-refractivity contribution in [3.05, 3.63) is 34.9 Å². The van der Waals surface area contributed by atoms with Crippen LogP contribution >= 0.6 is 0 Å². The molecule has 2 atom stereocenters. The summed E-state index contributed by atoms with van der Waals surface area (Å²) < 4.78 is 0. The van der Waals surface area contributed by atoms with Gasteiger partial charge in [-0.15, -0.1) is 0 Å². The molecule has 0 fully saturated rings. The molecule has 0 saturated heterocycles. The molecular weight excluding hydrogens is 234 g/mol. The molecule has 102 valence electrons. The Balaban J connectivity index is 2.91. The second kappa shape index (κ2) is 7.09. The molecule has 0 aliphatic rings. The molecule has 0 N–H and O–H groups in total. The lowest BCUT2D eigenvalue weighted by molar-refractivity contribution is -0.122. The van der Waals surface area contributed by atoms with Crippen LogP contribution in [0.1, 0.15) is 55.7 Å². The van der Waals surface area contributed by atoms with Crippen molar-refractivity contribution in [3.8, 4) is 6.07 Å². The summed E-state index contributed by atoms with van der Waals surface area (Å²) in [7, 11) is 0. The van der Waals surface area contributed by atoms with E-state index in [2.05, 4.69) is 13.0 Å². The van der Waals surface area contributed by atoms with Gasteiger partial charge in [-0.2, -0.15) is 5.26 Å². The van der Waals surface area contributed by atoms with E-state index in [1.165, 1.54) is 5.56 Å². The third-order valence-electron chi connectivity index (χ3n) is 3.75. The number of hydrogen-bond donors (Lipinski definition) is 0. The van der Waals surface area contributed by atoms with Crippen molar-refractivity contribution >= 4 is 5.78 Å². The van der Waals surface area contributed by atoms with Crippen LogP contribution in [0.5, 0.6) is 0 Å². The number of carbonyl (C=O) groups excluding carboxylic acids is 1. The van der Waals surface area contributed by atoms with Crippen molar-refractivity contribution < 1.29 is 4.79 Å². The van der Waals surface area contributed by atoms with Gasteiger partial charge in [0.25, 0.3) is 0 Å². The molecule has 19 heavy (non-hydrogen) atoms. The zero-order valence-corrected chi connectivity index (χ0v) is 12.4. The standard InChI is InChI=1S/C17H23NO/c1-5-6-7-13(3)17(19)16(11-18)15-9-8-12(2)14(4)10-15/h8-10,13,16H,5-7H2,1-4H3. The zero-order chi connectivity index (χ0) is 14.4. The van der Waals surface area contributed by atoms with Crippen molar-refractivity contribution in [2.24, 2.45) is 5.92 Å². The average Bonchev–Trinajstić information content (AvgIpc) is 2.40. The first-order valence-electron chi connectivity index (χ1n) is 7.01. The Morgan fingerprint density at radius 1 is 1.32 bits per heavy atom. The molecule has 0 aliphatic heterocycles. The number of rotatable bonds is 6. The summed E-state index contributed by atoms with van der Waals surface area (Å²) >= 11 is 0. The molecule has 2 heteroatoms. The summed E-state index contributed by atoms with van der Waals surface area (Å²) in [6, 6.07) is 8.03. The van der Waals surface area contributed by atoms with E-state index in [-0.39, 0.29) is 11.7 Å². The van der Waals surface area contributed by atoms with Crippen molar-refractivity contribution in [2.45, 2.75) is 52.9 Å². The second-order valence-electron chi connectivity index (χ2n) is 5.35. The third-order valence-corrected chi connectivity index (χ3v) is 3.75. The lowest BCUT2D eigenvalue weighted by atomic mass is 9.86. The van der Waals surface area contributed by atoms with Gasteiger partial charge in [0.15, 0.2) is 5.78 Å². The van der Waals surface area contributed by atoms with Crippen LogP contribution in [-0.4, -0.2) is 5.78 Å². The van der Waals surface area contributed by atoms with Gasteiger partial charge in [0.2, 0.25) is 0 Å². The van der Waals surface area contributed by atoms with Crippen LogP contribution in [0.25, 0.3) is 0 Å². The van der Waals surface area contributed by atoms with Crippen LogP contribution in [0.3, 0.4) is 0 Å². The van der Waals surface area contributed by atoms with Crippen LogP contribution in [0.2, 0.25) is 0 Å². The molecule has 0 saturated carbocycles. The number of Topliss-reactive ketones (excluding diaryl/α,β-unsaturated/α-hetero) is 1. The number of benzene rings is 1. The lowest BCUT2D eigenvalue weighted by Crippen LogP contribution is -2.19. The van der Waals surface area contributed by atoms with Gasteiger partial charge < -0.3 is 0 Å². The fourth-order valence-corrected chi connectivity index (χ4v) is 2.18. The van der Waals surface area contributed by atoms with Gasteiger partial charge in [-0.3, -0.25) is 4.79 Å². The second-order valence-corrected chi connectivity index (χ2v) is 5.35. The predicted molar refractivity (Wildman–Crippen MR) is 78.0 cm³/mol. The van der Waals surface area contributed by atoms with Gasteiger partial charge >= 0.3 is 0 Å². The first-order valence-corrected chi connectivity index (χ1v) is 7.01. The van der Waals surface area contributed by atoms with Crippen molar-refractivity contribution in [1.29, 1.82) is 5.26 Å². The molecule has 0 amide bonds. The van der Waals surface area contributed by atoms with E-state index in [0.29, 0.717) is 0 Å². The number of ketones is 1. The van der Waals surface area contributed by atoms with E-state index in [4.69, 9.17) is 0 Å². The van der Waals surface area contributed by atoms with E-state index in [0.717, 1.165) is 30.4 Å². The van der Waals surface area contributed by atoms with Crippen LogP contribution < -0.4 is 0 Å². The van der Waals surface area contributed by atoms with E-state index in [9.17, 15) is 10.1 Å². The van der Waals surface area contributed by atoms with Crippen LogP contribution in [0.15, 0.2) is 18.2 Å². The fraction of sp³-hybridized carbons (Fsp3) is 0.529. The van der Waals surface area contributed by atoms with E-state index in [1.807, 2.05) is 39.0 Å². The molecule has 1 aromatic rings. The smallest absolute Gasteiger partial charge is 0.157 e. The van der Waals surface area contributed by atoms with Gasteiger partial charge in [-0.1, -0.05) is 44.9 Å². The Morgan fingerprint density at radius 3 is 2.53 bits per heavy atom. The van der Waals surface area contributed by atoms with Crippen LogP contribution in [-0.2, 0) is 4.79 Å². The molecule has 1 rings (SSSR count). The van der Waals surface area contributed by atoms with Crippen molar-refractivity contribution in [1.82, 2.24) is 0 Å². The maximum Gasteiger partial charge on any atom is 0.157 e. The predicted octanol–water partition coefficient (Wildman–Crippen LogP) is 4.31. The summed E-state index contributed by atoms with van der Waals surface area (Å²) in [4.78, 5) is 12.4. The van der Waals surface area contributed by atoms with Crippen LogP contribution in [0.4, 0.5) is 0 Å². The number of nitriles is 1. The van der Waals surface area contributed by atoms with Gasteiger partial charge in [0.05, 0.1) is 6.07 Å².